The molecule has 0 fully saturated rings. The predicted molar refractivity (Wildman–Crippen MR) is 97.4 cm³/mol. The number of rotatable bonds is 4. The van der Waals surface area contributed by atoms with Gasteiger partial charge in [-0.15, -0.1) is 0 Å². The zero-order valence-electron chi connectivity index (χ0n) is 12.6. The summed E-state index contributed by atoms with van der Waals surface area (Å²) in [6.45, 7) is 0. The molecule has 0 bridgehead atoms. The van der Waals surface area contributed by atoms with Crippen molar-refractivity contribution in [3.05, 3.63) is 83.9 Å². The number of benzene rings is 3. The maximum atomic E-state index is 14.2. The van der Waals surface area contributed by atoms with Gasteiger partial charge in [-0.2, -0.15) is 0 Å². The van der Waals surface area contributed by atoms with Crippen LogP contribution in [0.5, 0.6) is 5.75 Å². The van der Waals surface area contributed by atoms with Crippen LogP contribution in [-0.4, -0.2) is 7.11 Å². The van der Waals surface area contributed by atoms with Crippen molar-refractivity contribution in [1.82, 2.24) is 0 Å². The van der Waals surface area contributed by atoms with E-state index in [0.717, 1.165) is 10.6 Å². The third-order valence-corrected chi connectivity index (χ3v) is 7.29. The van der Waals surface area contributed by atoms with Crippen LogP contribution < -0.4 is 20.7 Å². The van der Waals surface area contributed by atoms with Crippen molar-refractivity contribution in [2.45, 2.75) is 0 Å². The average Bonchev–Trinajstić information content (AvgIpc) is 2.63. The van der Waals surface area contributed by atoms with Crippen molar-refractivity contribution in [3.8, 4) is 5.75 Å². The molecule has 0 saturated carbocycles. The van der Waals surface area contributed by atoms with Gasteiger partial charge in [0.1, 0.15) is 5.75 Å². The Balaban J connectivity index is 2.32. The van der Waals surface area contributed by atoms with Crippen LogP contribution in [0.1, 0.15) is 0 Å². The Hall–Kier alpha value is -2.02. The maximum absolute atomic E-state index is 14.2. The quantitative estimate of drug-likeness (QED) is 0.670. The molecular weight excluding hydrogens is 327 g/mol. The highest BCUT2D eigenvalue weighted by atomic mass is 35.5. The third kappa shape index (κ3) is 2.93. The van der Waals surface area contributed by atoms with Gasteiger partial charge in [-0.1, -0.05) is 72.3 Å². The second kappa shape index (κ2) is 6.62. The van der Waals surface area contributed by atoms with E-state index in [1.807, 2.05) is 60.7 Å². The topological polar surface area (TPSA) is 26.3 Å². The van der Waals surface area contributed by atoms with E-state index < -0.39 is 7.14 Å². The van der Waals surface area contributed by atoms with Crippen molar-refractivity contribution in [1.29, 1.82) is 0 Å². The lowest BCUT2D eigenvalue weighted by molar-refractivity contribution is 0.415. The highest BCUT2D eigenvalue weighted by Gasteiger charge is 2.31. The van der Waals surface area contributed by atoms with E-state index in [1.165, 1.54) is 0 Å². The minimum atomic E-state index is -3.07. The molecule has 0 atom stereocenters. The van der Waals surface area contributed by atoms with Crippen molar-refractivity contribution < 1.29 is 9.30 Å². The average molecular weight is 343 g/mol. The molecule has 116 valence electrons. The van der Waals surface area contributed by atoms with E-state index in [9.17, 15) is 4.57 Å². The standard InChI is InChI=1S/C19H16ClO2P/c1-22-15-12-13-18(20)19(14-15)23(21,16-8-4-2-5-9-16)17-10-6-3-7-11-17/h2-14H,1H3. The van der Waals surface area contributed by atoms with Crippen molar-refractivity contribution >= 4 is 34.7 Å². The van der Waals surface area contributed by atoms with Crippen LogP contribution in [0.25, 0.3) is 0 Å². The summed E-state index contributed by atoms with van der Waals surface area (Å²) in [7, 11) is -1.48. The second-order valence-electron chi connectivity index (χ2n) is 5.10. The smallest absolute Gasteiger partial charge is 0.172 e. The fourth-order valence-corrected chi connectivity index (χ4v) is 5.76. The Labute approximate surface area is 141 Å². The summed E-state index contributed by atoms with van der Waals surface area (Å²) >= 11 is 6.41. The molecular formula is C19H16ClO2P. The molecule has 0 aliphatic heterocycles. The van der Waals surface area contributed by atoms with Crippen molar-refractivity contribution in [2.75, 3.05) is 7.11 Å². The number of halogens is 1. The van der Waals surface area contributed by atoms with Gasteiger partial charge >= 0.3 is 0 Å². The van der Waals surface area contributed by atoms with Gasteiger partial charge < -0.3 is 9.30 Å². The van der Waals surface area contributed by atoms with E-state index in [0.29, 0.717) is 16.1 Å². The molecule has 3 rings (SSSR count). The molecule has 0 aliphatic carbocycles. The van der Waals surface area contributed by atoms with Crippen LogP contribution in [0.4, 0.5) is 0 Å². The van der Waals surface area contributed by atoms with Crippen molar-refractivity contribution in [3.63, 3.8) is 0 Å². The van der Waals surface area contributed by atoms with E-state index >= 15 is 0 Å². The lowest BCUT2D eigenvalue weighted by Gasteiger charge is -2.21. The minimum Gasteiger partial charge on any atom is -0.497 e. The summed E-state index contributed by atoms with van der Waals surface area (Å²) in [5.41, 5.74) is 0. The van der Waals surface area contributed by atoms with Gasteiger partial charge in [-0.05, 0) is 18.2 Å². The maximum Gasteiger partial charge on any atom is 0.172 e. The predicted octanol–water partition coefficient (Wildman–Crippen LogP) is 3.99. The largest absolute Gasteiger partial charge is 0.497 e. The van der Waals surface area contributed by atoms with Gasteiger partial charge in [0.25, 0.3) is 0 Å². The summed E-state index contributed by atoms with van der Waals surface area (Å²) in [4.78, 5) is 0. The molecule has 0 heterocycles. The summed E-state index contributed by atoms with van der Waals surface area (Å²) in [6.07, 6.45) is 0. The van der Waals surface area contributed by atoms with E-state index in [1.54, 1.807) is 25.3 Å². The first-order valence-corrected chi connectivity index (χ1v) is 9.30. The Morgan fingerprint density at radius 2 is 1.35 bits per heavy atom. The number of ether oxygens (including phenoxy) is 1. The molecule has 2 nitrogen and oxygen atoms in total. The first-order valence-electron chi connectivity index (χ1n) is 7.21. The normalized spacial score (nSPS) is 11.2. The molecule has 0 unspecified atom stereocenters. The molecule has 0 aromatic heterocycles. The van der Waals surface area contributed by atoms with E-state index in [2.05, 4.69) is 0 Å². The molecule has 0 radical (unpaired) electrons. The Bertz CT molecular complexity index is 804. The molecule has 3 aromatic rings. The van der Waals surface area contributed by atoms with Crippen LogP contribution in [0.2, 0.25) is 5.02 Å². The fraction of sp³-hybridized carbons (Fsp3) is 0.0526. The SMILES string of the molecule is COc1ccc(Cl)c(P(=O)(c2ccccc2)c2ccccc2)c1. The van der Waals surface area contributed by atoms with Crippen LogP contribution in [0, 0.1) is 0 Å². The first kappa shape index (κ1) is 15.9. The van der Waals surface area contributed by atoms with Gasteiger partial charge in [0.2, 0.25) is 0 Å². The van der Waals surface area contributed by atoms with Crippen LogP contribution in [0.3, 0.4) is 0 Å². The monoisotopic (exact) mass is 342 g/mol. The van der Waals surface area contributed by atoms with Gasteiger partial charge in [-0.25, -0.2) is 0 Å². The van der Waals surface area contributed by atoms with Gasteiger partial charge in [0.05, 0.1) is 12.1 Å². The highest BCUT2D eigenvalue weighted by molar-refractivity contribution is 7.85. The minimum absolute atomic E-state index is 0.474. The van der Waals surface area contributed by atoms with Crippen LogP contribution in [-0.2, 0) is 4.57 Å². The number of methoxy groups -OCH3 is 1. The zero-order chi connectivity index (χ0) is 16.3. The lowest BCUT2D eigenvalue weighted by atomic mass is 10.3. The highest BCUT2D eigenvalue weighted by Crippen LogP contribution is 2.45. The number of hydrogen-bond donors (Lipinski definition) is 0. The Morgan fingerprint density at radius 3 is 1.83 bits per heavy atom. The molecule has 23 heavy (non-hydrogen) atoms. The van der Waals surface area contributed by atoms with Crippen LogP contribution >= 0.6 is 18.7 Å². The molecule has 0 saturated heterocycles. The number of hydrogen-bond acceptors (Lipinski definition) is 2. The van der Waals surface area contributed by atoms with Gasteiger partial charge in [-0.3, -0.25) is 0 Å². The molecule has 0 amide bonds. The van der Waals surface area contributed by atoms with E-state index in [-0.39, 0.29) is 0 Å². The summed E-state index contributed by atoms with van der Waals surface area (Å²) in [5.74, 6) is 0.636. The lowest BCUT2D eigenvalue weighted by Crippen LogP contribution is -2.25. The summed E-state index contributed by atoms with van der Waals surface area (Å²) in [6, 6.07) is 24.2. The van der Waals surface area contributed by atoms with Crippen LogP contribution in [0.15, 0.2) is 78.9 Å². The van der Waals surface area contributed by atoms with Gasteiger partial charge in [0, 0.05) is 15.9 Å². The first-order chi connectivity index (χ1) is 11.2. The molecule has 0 N–H and O–H groups in total. The second-order valence-corrected chi connectivity index (χ2v) is 8.24. The summed E-state index contributed by atoms with van der Waals surface area (Å²) in [5, 5.41) is 2.57. The zero-order valence-corrected chi connectivity index (χ0v) is 14.3. The summed E-state index contributed by atoms with van der Waals surface area (Å²) < 4.78 is 19.5. The van der Waals surface area contributed by atoms with E-state index in [4.69, 9.17) is 16.3 Å². The Morgan fingerprint density at radius 1 is 0.826 bits per heavy atom. The van der Waals surface area contributed by atoms with Gasteiger partial charge in [0.15, 0.2) is 7.14 Å². The molecule has 3 aromatic carbocycles. The third-order valence-electron chi connectivity index (χ3n) is 3.73. The molecule has 4 heteroatoms. The Kier molecular flexibility index (Phi) is 4.56. The fourth-order valence-electron chi connectivity index (χ4n) is 2.56. The molecule has 0 spiro atoms. The molecule has 0 aliphatic rings. The van der Waals surface area contributed by atoms with Crippen molar-refractivity contribution in [2.24, 2.45) is 0 Å².